The first kappa shape index (κ1) is 14.4. The van der Waals surface area contributed by atoms with Gasteiger partial charge in [-0.3, -0.25) is 14.4 Å². The number of carbonyl (C=O) groups is 3. The summed E-state index contributed by atoms with van der Waals surface area (Å²) in [4.78, 5) is 34.3. The Morgan fingerprint density at radius 1 is 1.22 bits per heavy atom. The van der Waals surface area contributed by atoms with Gasteiger partial charge in [0.25, 0.3) is 0 Å². The third-order valence-electron chi connectivity index (χ3n) is 2.94. The first-order chi connectivity index (χ1) is 8.40. The fourth-order valence-electron chi connectivity index (χ4n) is 2.15. The van der Waals surface area contributed by atoms with Gasteiger partial charge in [0.05, 0.1) is 0 Å². The summed E-state index contributed by atoms with van der Waals surface area (Å²) in [5, 5.41) is 20.6. The Balaban J connectivity index is 2.67. The lowest BCUT2D eigenvalue weighted by Crippen LogP contribution is -2.47. The average Bonchev–Trinajstić information content (AvgIpc) is 2.26. The second-order valence-electron chi connectivity index (χ2n) is 4.56. The van der Waals surface area contributed by atoms with Gasteiger partial charge in [0.15, 0.2) is 0 Å². The third kappa shape index (κ3) is 4.33. The molecule has 0 aromatic rings. The number of hydrogen-bond acceptors (Lipinski definition) is 4. The van der Waals surface area contributed by atoms with Gasteiger partial charge in [-0.2, -0.15) is 0 Å². The molecule has 7 heteroatoms. The molecule has 0 aromatic carbocycles. The number of carbonyl (C=O) groups excluding carboxylic acids is 1. The van der Waals surface area contributed by atoms with Gasteiger partial charge in [0.2, 0.25) is 5.91 Å². The van der Waals surface area contributed by atoms with E-state index in [0.29, 0.717) is 19.4 Å². The van der Waals surface area contributed by atoms with Crippen molar-refractivity contribution in [2.24, 2.45) is 5.92 Å². The van der Waals surface area contributed by atoms with Crippen molar-refractivity contribution in [2.75, 3.05) is 19.6 Å². The summed E-state index contributed by atoms with van der Waals surface area (Å²) in [5.74, 6) is -3.08. The summed E-state index contributed by atoms with van der Waals surface area (Å²) in [7, 11) is 0. The largest absolute Gasteiger partial charge is 0.480 e. The highest BCUT2D eigenvalue weighted by molar-refractivity contribution is 5.86. The van der Waals surface area contributed by atoms with Crippen molar-refractivity contribution in [2.45, 2.75) is 25.8 Å². The average molecular weight is 258 g/mol. The van der Waals surface area contributed by atoms with Crippen molar-refractivity contribution in [3.8, 4) is 0 Å². The van der Waals surface area contributed by atoms with E-state index in [-0.39, 0.29) is 17.9 Å². The Hall–Kier alpha value is -1.63. The lowest BCUT2D eigenvalue weighted by atomic mass is 9.92. The quantitative estimate of drug-likeness (QED) is 0.606. The van der Waals surface area contributed by atoms with E-state index in [1.807, 2.05) is 6.92 Å². The number of nitrogens with zero attached hydrogens (tertiary/aromatic N) is 1. The zero-order chi connectivity index (χ0) is 13.7. The number of carboxylic acid groups (broad SMARTS) is 2. The Kier molecular flexibility index (Phi) is 5.08. The second-order valence-corrected chi connectivity index (χ2v) is 4.56. The smallest absolute Gasteiger partial charge is 0.323 e. The molecule has 1 amide bonds. The van der Waals surface area contributed by atoms with Gasteiger partial charge in [-0.05, 0) is 26.3 Å². The first-order valence-electron chi connectivity index (χ1n) is 5.86. The Morgan fingerprint density at radius 2 is 1.78 bits per heavy atom. The molecule has 1 aliphatic heterocycles. The molecule has 1 heterocycles. The lowest BCUT2D eigenvalue weighted by Gasteiger charge is -2.30. The summed E-state index contributed by atoms with van der Waals surface area (Å²) in [6.07, 6.45) is 1.22. The van der Waals surface area contributed by atoms with Crippen molar-refractivity contribution in [1.29, 1.82) is 0 Å². The van der Waals surface area contributed by atoms with Gasteiger partial charge in [-0.1, -0.05) is 0 Å². The van der Waals surface area contributed by atoms with E-state index in [0.717, 1.165) is 4.90 Å². The lowest BCUT2D eigenvalue weighted by molar-refractivity contribution is -0.151. The predicted octanol–water partition coefficient (Wildman–Crippen LogP) is -0.628. The normalized spacial score (nSPS) is 23.4. The Morgan fingerprint density at radius 3 is 2.22 bits per heavy atom. The summed E-state index contributed by atoms with van der Waals surface area (Å²) in [6.45, 7) is 1.50. The van der Waals surface area contributed by atoms with E-state index in [1.165, 1.54) is 0 Å². The van der Waals surface area contributed by atoms with Crippen LogP contribution in [-0.4, -0.2) is 58.6 Å². The van der Waals surface area contributed by atoms with Crippen molar-refractivity contribution in [3.05, 3.63) is 0 Å². The molecule has 18 heavy (non-hydrogen) atoms. The number of nitrogens with one attached hydrogen (secondary N) is 1. The zero-order valence-corrected chi connectivity index (χ0v) is 10.3. The predicted molar refractivity (Wildman–Crippen MR) is 62.0 cm³/mol. The molecule has 102 valence electrons. The summed E-state index contributed by atoms with van der Waals surface area (Å²) in [5.41, 5.74) is 0. The third-order valence-corrected chi connectivity index (χ3v) is 2.94. The molecule has 1 fully saturated rings. The minimum atomic E-state index is -1.20. The molecular weight excluding hydrogens is 240 g/mol. The molecule has 2 atom stereocenters. The van der Waals surface area contributed by atoms with Gasteiger partial charge in [0, 0.05) is 12.0 Å². The summed E-state index contributed by atoms with van der Waals surface area (Å²) in [6, 6.07) is 0.184. The molecule has 0 saturated carbocycles. The molecule has 0 aromatic heterocycles. The van der Waals surface area contributed by atoms with Crippen molar-refractivity contribution in [1.82, 2.24) is 10.2 Å². The van der Waals surface area contributed by atoms with Crippen LogP contribution in [0.15, 0.2) is 0 Å². The van der Waals surface area contributed by atoms with Gasteiger partial charge in [-0.25, -0.2) is 0 Å². The van der Waals surface area contributed by atoms with Crippen LogP contribution in [-0.2, 0) is 14.4 Å². The standard InChI is InChI=1S/C11H18N2O5/c1-7-4-8(2-3-12-7)11(18)13(5-9(14)15)6-10(16)17/h7-8,12H,2-6H2,1H3,(H,14,15)(H,16,17). The van der Waals surface area contributed by atoms with E-state index in [4.69, 9.17) is 10.2 Å². The molecule has 0 aliphatic carbocycles. The highest BCUT2D eigenvalue weighted by Crippen LogP contribution is 2.18. The summed E-state index contributed by atoms with van der Waals surface area (Å²) < 4.78 is 0. The van der Waals surface area contributed by atoms with Gasteiger partial charge >= 0.3 is 11.9 Å². The van der Waals surface area contributed by atoms with E-state index >= 15 is 0 Å². The summed E-state index contributed by atoms with van der Waals surface area (Å²) >= 11 is 0. The van der Waals surface area contributed by atoms with E-state index in [9.17, 15) is 14.4 Å². The highest BCUT2D eigenvalue weighted by Gasteiger charge is 2.30. The minimum Gasteiger partial charge on any atom is -0.480 e. The molecule has 1 aliphatic rings. The van der Waals surface area contributed by atoms with Crippen molar-refractivity contribution in [3.63, 3.8) is 0 Å². The van der Waals surface area contributed by atoms with Crippen LogP contribution in [0.2, 0.25) is 0 Å². The van der Waals surface area contributed by atoms with Crippen LogP contribution in [0.4, 0.5) is 0 Å². The van der Waals surface area contributed by atoms with E-state index in [1.54, 1.807) is 0 Å². The van der Waals surface area contributed by atoms with Crippen LogP contribution in [0.25, 0.3) is 0 Å². The van der Waals surface area contributed by atoms with Gasteiger partial charge < -0.3 is 20.4 Å². The van der Waals surface area contributed by atoms with Crippen LogP contribution in [0.1, 0.15) is 19.8 Å². The SMILES string of the molecule is CC1CC(C(=O)N(CC(=O)O)CC(=O)O)CCN1. The fourth-order valence-corrected chi connectivity index (χ4v) is 2.15. The topological polar surface area (TPSA) is 107 Å². The number of carboxylic acids is 2. The maximum atomic E-state index is 12.1. The number of piperidine rings is 1. The van der Waals surface area contributed by atoms with E-state index in [2.05, 4.69) is 5.32 Å². The monoisotopic (exact) mass is 258 g/mol. The number of aliphatic carboxylic acids is 2. The van der Waals surface area contributed by atoms with Gasteiger partial charge in [-0.15, -0.1) is 0 Å². The Labute approximate surface area is 105 Å². The zero-order valence-electron chi connectivity index (χ0n) is 10.3. The first-order valence-corrected chi connectivity index (χ1v) is 5.86. The maximum Gasteiger partial charge on any atom is 0.323 e. The molecular formula is C11H18N2O5. The van der Waals surface area contributed by atoms with Crippen LogP contribution in [0, 0.1) is 5.92 Å². The van der Waals surface area contributed by atoms with Crippen LogP contribution in [0.3, 0.4) is 0 Å². The van der Waals surface area contributed by atoms with Crippen LogP contribution < -0.4 is 5.32 Å². The van der Waals surface area contributed by atoms with Crippen molar-refractivity contribution >= 4 is 17.8 Å². The molecule has 2 unspecified atom stereocenters. The molecule has 7 nitrogen and oxygen atoms in total. The number of hydrogen-bond donors (Lipinski definition) is 3. The van der Waals surface area contributed by atoms with Crippen LogP contribution in [0.5, 0.6) is 0 Å². The Bertz CT molecular complexity index is 328. The number of rotatable bonds is 5. The molecule has 1 rings (SSSR count). The van der Waals surface area contributed by atoms with Crippen molar-refractivity contribution < 1.29 is 24.6 Å². The number of amides is 1. The highest BCUT2D eigenvalue weighted by atomic mass is 16.4. The molecule has 0 radical (unpaired) electrons. The second kappa shape index (κ2) is 6.34. The minimum absolute atomic E-state index is 0.184. The molecule has 1 saturated heterocycles. The van der Waals surface area contributed by atoms with Gasteiger partial charge in [0.1, 0.15) is 13.1 Å². The molecule has 3 N–H and O–H groups in total. The fraction of sp³-hybridized carbons (Fsp3) is 0.727. The molecule has 0 spiro atoms. The maximum absolute atomic E-state index is 12.1. The van der Waals surface area contributed by atoms with E-state index < -0.39 is 25.0 Å². The molecule has 0 bridgehead atoms. The van der Waals surface area contributed by atoms with Crippen LogP contribution >= 0.6 is 0 Å².